The molecule has 0 aliphatic carbocycles. The van der Waals surface area contributed by atoms with Gasteiger partial charge in [0, 0.05) is 24.8 Å². The second kappa shape index (κ2) is 3.16. The Labute approximate surface area is 83.8 Å². The Hall–Kier alpha value is -2.24. The normalized spacial score (nSPS) is 10.5. The monoisotopic (exact) mass is 205 g/mol. The highest BCUT2D eigenvalue weighted by Gasteiger charge is 2.13. The first-order valence-electron chi connectivity index (χ1n) is 4.15. The maximum atomic E-state index is 11.6. The summed E-state index contributed by atoms with van der Waals surface area (Å²) < 4.78 is 0.994. The minimum absolute atomic E-state index is 0.144. The number of fused-ring (bicyclic) bond motifs is 1. The van der Waals surface area contributed by atoms with E-state index in [1.165, 1.54) is 25.5 Å². The Morgan fingerprint density at radius 2 is 2.20 bits per heavy atom. The Morgan fingerprint density at radius 1 is 1.47 bits per heavy atom. The van der Waals surface area contributed by atoms with Crippen LogP contribution in [0.4, 0.5) is 0 Å². The van der Waals surface area contributed by atoms with Crippen LogP contribution in [-0.2, 0) is 7.05 Å². The van der Waals surface area contributed by atoms with Crippen molar-refractivity contribution in [2.24, 2.45) is 7.05 Å². The molecule has 2 aromatic rings. The summed E-state index contributed by atoms with van der Waals surface area (Å²) in [4.78, 5) is 26.2. The van der Waals surface area contributed by atoms with Crippen LogP contribution < -0.4 is 5.56 Å². The van der Waals surface area contributed by atoms with Gasteiger partial charge in [-0.3, -0.25) is 9.78 Å². The molecule has 0 aromatic carbocycles. The highest BCUT2D eigenvalue weighted by Crippen LogP contribution is 2.10. The van der Waals surface area contributed by atoms with Gasteiger partial charge in [-0.25, -0.2) is 9.48 Å². The van der Waals surface area contributed by atoms with E-state index in [1.54, 1.807) is 0 Å². The summed E-state index contributed by atoms with van der Waals surface area (Å²) in [5.41, 5.74) is -0.502. The number of pyridine rings is 1. The molecule has 0 fully saturated rings. The van der Waals surface area contributed by atoms with Crippen molar-refractivity contribution in [1.82, 2.24) is 14.8 Å². The number of aryl methyl sites for hydroxylation is 1. The molecule has 2 rings (SSSR count). The smallest absolute Gasteiger partial charge is 0.357 e. The molecule has 1 N–H and O–H groups in total. The van der Waals surface area contributed by atoms with Gasteiger partial charge in [-0.2, -0.15) is 5.10 Å². The van der Waals surface area contributed by atoms with E-state index in [9.17, 15) is 9.59 Å². The number of rotatable bonds is 1. The summed E-state index contributed by atoms with van der Waals surface area (Å²) in [7, 11) is 1.40. The lowest BCUT2D eigenvalue weighted by Gasteiger charge is -2.03. The molecule has 2 heterocycles. The lowest BCUT2D eigenvalue weighted by atomic mass is 10.2. The van der Waals surface area contributed by atoms with Gasteiger partial charge >= 0.3 is 5.97 Å². The van der Waals surface area contributed by atoms with Gasteiger partial charge in [0.05, 0.1) is 5.39 Å². The largest absolute Gasteiger partial charge is 0.476 e. The number of aromatic carboxylic acids is 1. The van der Waals surface area contributed by atoms with Crippen LogP contribution >= 0.6 is 0 Å². The molecule has 0 spiro atoms. The number of aromatic nitrogens is 3. The Balaban J connectivity index is 3.01. The van der Waals surface area contributed by atoms with Gasteiger partial charge in [-0.1, -0.05) is 0 Å². The van der Waals surface area contributed by atoms with Crippen LogP contribution in [0.1, 0.15) is 10.5 Å². The Bertz CT molecular complexity index is 603. The molecule has 6 heteroatoms. The molecule has 0 unspecified atom stereocenters. The maximum absolute atomic E-state index is 11.6. The zero-order valence-electron chi connectivity index (χ0n) is 7.84. The van der Waals surface area contributed by atoms with Crippen LogP contribution in [0.5, 0.6) is 0 Å². The standard InChI is InChI=1S/C9H7N3O3/c1-12-8(13)6-4-10-3-2-5(6)7(11-12)9(14)15/h2-4H,1H3,(H,14,15). The topological polar surface area (TPSA) is 85.1 Å². The third-order valence-electron chi connectivity index (χ3n) is 2.05. The first kappa shape index (κ1) is 9.32. The van der Waals surface area contributed by atoms with Crippen LogP contribution in [-0.4, -0.2) is 25.8 Å². The fourth-order valence-electron chi connectivity index (χ4n) is 1.35. The lowest BCUT2D eigenvalue weighted by molar-refractivity contribution is 0.0690. The van der Waals surface area contributed by atoms with Crippen LogP contribution in [0.3, 0.4) is 0 Å². The molecule has 0 saturated heterocycles. The number of carboxylic acid groups (broad SMARTS) is 1. The summed E-state index contributed by atoms with van der Waals surface area (Å²) in [6.45, 7) is 0. The number of carbonyl (C=O) groups is 1. The molecule has 0 aliphatic rings. The second-order valence-corrected chi connectivity index (χ2v) is 3.00. The zero-order chi connectivity index (χ0) is 11.0. The molecule has 2 aromatic heterocycles. The molecular weight excluding hydrogens is 198 g/mol. The van der Waals surface area contributed by atoms with Gasteiger partial charge in [-0.15, -0.1) is 0 Å². The van der Waals surface area contributed by atoms with Crippen molar-refractivity contribution in [2.75, 3.05) is 0 Å². The molecule has 0 saturated carbocycles. The molecule has 6 nitrogen and oxygen atoms in total. The minimum atomic E-state index is -1.17. The fourth-order valence-corrected chi connectivity index (χ4v) is 1.35. The number of carboxylic acids is 1. The highest BCUT2D eigenvalue weighted by molar-refractivity contribution is 6.00. The molecule has 15 heavy (non-hydrogen) atoms. The van der Waals surface area contributed by atoms with Crippen molar-refractivity contribution in [3.63, 3.8) is 0 Å². The van der Waals surface area contributed by atoms with E-state index in [4.69, 9.17) is 5.11 Å². The van der Waals surface area contributed by atoms with Crippen molar-refractivity contribution < 1.29 is 9.90 Å². The molecule has 0 radical (unpaired) electrons. The summed E-state index contributed by atoms with van der Waals surface area (Å²) in [5.74, 6) is -1.17. The zero-order valence-corrected chi connectivity index (χ0v) is 7.84. The SMILES string of the molecule is Cn1nc(C(=O)O)c2ccncc2c1=O. The molecular formula is C9H7N3O3. The first-order valence-corrected chi connectivity index (χ1v) is 4.15. The summed E-state index contributed by atoms with van der Waals surface area (Å²) in [6.07, 6.45) is 2.77. The highest BCUT2D eigenvalue weighted by atomic mass is 16.4. The van der Waals surface area contributed by atoms with Gasteiger partial charge in [0.1, 0.15) is 0 Å². The van der Waals surface area contributed by atoms with Gasteiger partial charge in [0.2, 0.25) is 0 Å². The summed E-state index contributed by atoms with van der Waals surface area (Å²) in [6, 6.07) is 1.47. The third-order valence-corrected chi connectivity index (χ3v) is 2.05. The van der Waals surface area contributed by atoms with E-state index in [1.807, 2.05) is 0 Å². The average Bonchev–Trinajstić information content (AvgIpc) is 2.23. The van der Waals surface area contributed by atoms with Crippen LogP contribution in [0, 0.1) is 0 Å². The summed E-state index contributed by atoms with van der Waals surface area (Å²) in [5, 5.41) is 13.1. The predicted molar refractivity (Wildman–Crippen MR) is 51.7 cm³/mol. The lowest BCUT2D eigenvalue weighted by Crippen LogP contribution is -2.23. The van der Waals surface area contributed by atoms with Gasteiger partial charge in [0.25, 0.3) is 5.56 Å². The first-order chi connectivity index (χ1) is 7.11. The van der Waals surface area contributed by atoms with E-state index in [-0.39, 0.29) is 16.6 Å². The van der Waals surface area contributed by atoms with E-state index in [0.29, 0.717) is 5.39 Å². The third kappa shape index (κ3) is 1.35. The van der Waals surface area contributed by atoms with Crippen LogP contribution in [0.25, 0.3) is 10.8 Å². The Kier molecular flexibility index (Phi) is 1.96. The number of hydrogen-bond acceptors (Lipinski definition) is 4. The van der Waals surface area contributed by atoms with Crippen molar-refractivity contribution >= 4 is 16.7 Å². The molecule has 0 amide bonds. The van der Waals surface area contributed by atoms with Gasteiger partial charge in [-0.05, 0) is 6.07 Å². The molecule has 0 aliphatic heterocycles. The van der Waals surface area contributed by atoms with Crippen molar-refractivity contribution in [3.8, 4) is 0 Å². The van der Waals surface area contributed by atoms with Crippen molar-refractivity contribution in [1.29, 1.82) is 0 Å². The van der Waals surface area contributed by atoms with Gasteiger partial charge in [0.15, 0.2) is 5.69 Å². The maximum Gasteiger partial charge on any atom is 0.357 e. The minimum Gasteiger partial charge on any atom is -0.476 e. The summed E-state index contributed by atoms with van der Waals surface area (Å²) >= 11 is 0. The van der Waals surface area contributed by atoms with Crippen molar-refractivity contribution in [3.05, 3.63) is 34.5 Å². The Morgan fingerprint density at radius 3 is 2.87 bits per heavy atom. The average molecular weight is 205 g/mol. The van der Waals surface area contributed by atoms with Gasteiger partial charge < -0.3 is 5.11 Å². The molecule has 0 bridgehead atoms. The fraction of sp³-hybridized carbons (Fsp3) is 0.111. The van der Waals surface area contributed by atoms with E-state index < -0.39 is 5.97 Å². The van der Waals surface area contributed by atoms with E-state index in [0.717, 1.165) is 4.68 Å². The van der Waals surface area contributed by atoms with E-state index in [2.05, 4.69) is 10.1 Å². The van der Waals surface area contributed by atoms with E-state index >= 15 is 0 Å². The second-order valence-electron chi connectivity index (χ2n) is 3.00. The van der Waals surface area contributed by atoms with Crippen molar-refractivity contribution in [2.45, 2.75) is 0 Å². The molecule has 0 atom stereocenters. The van der Waals surface area contributed by atoms with Crippen LogP contribution in [0.15, 0.2) is 23.3 Å². The number of nitrogens with zero attached hydrogens (tertiary/aromatic N) is 3. The number of hydrogen-bond donors (Lipinski definition) is 1. The molecule has 76 valence electrons. The predicted octanol–water partition coefficient (Wildman–Crippen LogP) is 0.0267. The van der Waals surface area contributed by atoms with Crippen LogP contribution in [0.2, 0.25) is 0 Å². The quantitative estimate of drug-likeness (QED) is 0.709.